The Morgan fingerprint density at radius 1 is 0.761 bits per heavy atom. The Labute approximate surface area is 266 Å². The standard InChI is InChI=1S/C33H27N5O7S/c1-3-13-43-24-5-6-25(44-14-4-2)29-28(24)38-31(45-29)27-8-7-26(46-27)18-9-11-34-21(15-18)22-16-19(32(39)40)17-23(36-22)30-35-12-10-20(37-30)33(41)42/h5-12,15-17H,3-4,13-14H2,1-2H3,(H,39,40)(H,41,42). The third-order valence-corrected chi connectivity index (χ3v) is 7.82. The van der Waals surface area contributed by atoms with Crippen molar-refractivity contribution in [2.45, 2.75) is 26.7 Å². The lowest BCUT2D eigenvalue weighted by atomic mass is 10.1. The number of nitrogens with zero attached hydrogens (tertiary/aromatic N) is 5. The average molecular weight is 638 g/mol. The molecular weight excluding hydrogens is 610 g/mol. The summed E-state index contributed by atoms with van der Waals surface area (Å²) in [6, 6.07) is 15.1. The van der Waals surface area contributed by atoms with E-state index in [-0.39, 0.29) is 28.5 Å². The van der Waals surface area contributed by atoms with Gasteiger partial charge in [-0.3, -0.25) is 4.98 Å². The predicted octanol–water partition coefficient (Wildman–Crippen LogP) is 7.11. The Balaban J connectivity index is 1.36. The number of fused-ring (bicyclic) bond motifs is 1. The van der Waals surface area contributed by atoms with Gasteiger partial charge in [0.05, 0.1) is 35.0 Å². The van der Waals surface area contributed by atoms with Crippen molar-refractivity contribution in [2.24, 2.45) is 0 Å². The van der Waals surface area contributed by atoms with E-state index in [1.165, 1.54) is 35.7 Å². The van der Waals surface area contributed by atoms with Gasteiger partial charge in [0, 0.05) is 17.3 Å². The molecule has 0 amide bonds. The summed E-state index contributed by atoms with van der Waals surface area (Å²) in [5.41, 5.74) is 2.38. The normalized spacial score (nSPS) is 11.1. The van der Waals surface area contributed by atoms with Gasteiger partial charge in [-0.2, -0.15) is 0 Å². The number of hydrogen-bond donors (Lipinski definition) is 2. The first kappa shape index (κ1) is 30.3. The molecule has 2 N–H and O–H groups in total. The zero-order chi connectivity index (χ0) is 32.2. The molecular formula is C33H27N5O7S. The van der Waals surface area contributed by atoms with Gasteiger partial charge in [-0.05, 0) is 73.0 Å². The van der Waals surface area contributed by atoms with Crippen LogP contribution in [0.15, 0.2) is 71.4 Å². The Morgan fingerprint density at radius 2 is 1.48 bits per heavy atom. The van der Waals surface area contributed by atoms with Gasteiger partial charge < -0.3 is 24.1 Å². The van der Waals surface area contributed by atoms with Crippen LogP contribution in [0.1, 0.15) is 47.5 Å². The lowest BCUT2D eigenvalue weighted by molar-refractivity contribution is 0.0682. The fraction of sp³-hybridized carbons (Fsp3) is 0.182. The maximum atomic E-state index is 12.0. The van der Waals surface area contributed by atoms with Gasteiger partial charge in [0.25, 0.3) is 0 Å². The summed E-state index contributed by atoms with van der Waals surface area (Å²) in [5, 5.41) is 19.1. The third-order valence-electron chi connectivity index (χ3n) is 6.69. The number of oxazole rings is 1. The Morgan fingerprint density at radius 3 is 2.24 bits per heavy atom. The van der Waals surface area contributed by atoms with Gasteiger partial charge >= 0.3 is 11.9 Å². The second-order valence-electron chi connectivity index (χ2n) is 10.1. The van der Waals surface area contributed by atoms with Gasteiger partial charge in [-0.15, -0.1) is 11.3 Å². The van der Waals surface area contributed by atoms with E-state index in [2.05, 4.69) is 19.9 Å². The summed E-state index contributed by atoms with van der Waals surface area (Å²) in [6.45, 7) is 5.16. The second kappa shape index (κ2) is 13.1. The monoisotopic (exact) mass is 637 g/mol. The van der Waals surface area contributed by atoms with E-state index in [1.54, 1.807) is 12.3 Å². The molecule has 1 aromatic carbocycles. The molecule has 0 aliphatic carbocycles. The summed E-state index contributed by atoms with van der Waals surface area (Å²) in [6.07, 6.45) is 4.59. The number of carbonyl (C=O) groups is 2. The molecule has 6 rings (SSSR count). The number of hydrogen-bond acceptors (Lipinski definition) is 11. The summed E-state index contributed by atoms with van der Waals surface area (Å²) in [4.78, 5) is 46.9. The molecule has 0 aliphatic rings. The molecule has 0 spiro atoms. The Bertz CT molecular complexity index is 2030. The first-order valence-corrected chi connectivity index (χ1v) is 15.2. The van der Waals surface area contributed by atoms with Crippen molar-refractivity contribution >= 4 is 34.4 Å². The van der Waals surface area contributed by atoms with E-state index in [0.717, 1.165) is 28.2 Å². The van der Waals surface area contributed by atoms with Crippen LogP contribution in [0.3, 0.4) is 0 Å². The molecule has 0 saturated carbocycles. The quantitative estimate of drug-likeness (QED) is 0.140. The first-order chi connectivity index (χ1) is 22.3. The molecule has 0 bridgehead atoms. The second-order valence-corrected chi connectivity index (χ2v) is 11.1. The maximum Gasteiger partial charge on any atom is 0.354 e. The van der Waals surface area contributed by atoms with Gasteiger partial charge in [-0.1, -0.05) is 13.8 Å². The minimum absolute atomic E-state index is 0.0202. The van der Waals surface area contributed by atoms with Crippen LogP contribution in [-0.2, 0) is 0 Å². The lowest BCUT2D eigenvalue weighted by Gasteiger charge is -2.08. The third kappa shape index (κ3) is 6.26. The summed E-state index contributed by atoms with van der Waals surface area (Å²) in [7, 11) is 0. The molecule has 0 unspecified atom stereocenters. The number of aromatic nitrogens is 5. The van der Waals surface area contributed by atoms with Crippen molar-refractivity contribution in [1.29, 1.82) is 0 Å². The lowest BCUT2D eigenvalue weighted by Crippen LogP contribution is -2.05. The minimum atomic E-state index is -1.24. The molecule has 5 heterocycles. The predicted molar refractivity (Wildman–Crippen MR) is 170 cm³/mol. The van der Waals surface area contributed by atoms with E-state index >= 15 is 0 Å². The highest BCUT2D eigenvalue weighted by molar-refractivity contribution is 7.18. The van der Waals surface area contributed by atoms with Crippen LogP contribution in [-0.4, -0.2) is 60.3 Å². The number of thiophene rings is 1. The van der Waals surface area contributed by atoms with Gasteiger partial charge in [0.15, 0.2) is 22.8 Å². The molecule has 0 atom stereocenters. The molecule has 13 heteroatoms. The van der Waals surface area contributed by atoms with Gasteiger partial charge in [0.1, 0.15) is 11.4 Å². The molecule has 0 aliphatic heterocycles. The van der Waals surface area contributed by atoms with Crippen LogP contribution in [0.5, 0.6) is 11.5 Å². The molecule has 12 nitrogen and oxygen atoms in total. The van der Waals surface area contributed by atoms with Crippen molar-refractivity contribution < 1.29 is 33.7 Å². The smallest absolute Gasteiger partial charge is 0.354 e. The maximum absolute atomic E-state index is 12.0. The van der Waals surface area contributed by atoms with Crippen LogP contribution in [0.4, 0.5) is 0 Å². The van der Waals surface area contributed by atoms with Crippen LogP contribution in [0.2, 0.25) is 0 Å². The Kier molecular flexibility index (Phi) is 8.65. The highest BCUT2D eigenvalue weighted by Gasteiger charge is 2.20. The fourth-order valence-corrected chi connectivity index (χ4v) is 5.48. The summed E-state index contributed by atoms with van der Waals surface area (Å²) < 4.78 is 18.1. The van der Waals surface area contributed by atoms with Crippen molar-refractivity contribution in [3.63, 3.8) is 0 Å². The van der Waals surface area contributed by atoms with Crippen molar-refractivity contribution in [3.8, 4) is 55.6 Å². The van der Waals surface area contributed by atoms with Crippen LogP contribution < -0.4 is 9.47 Å². The van der Waals surface area contributed by atoms with Gasteiger partial charge in [-0.25, -0.2) is 29.5 Å². The molecule has 0 fully saturated rings. The number of aromatic carboxylic acids is 2. The molecule has 5 aromatic heterocycles. The fourth-order valence-electron chi connectivity index (χ4n) is 4.55. The summed E-state index contributed by atoms with van der Waals surface area (Å²) in [5.74, 6) is -0.793. The Hall–Kier alpha value is -5.69. The molecule has 0 radical (unpaired) electrons. The summed E-state index contributed by atoms with van der Waals surface area (Å²) >= 11 is 1.46. The number of rotatable bonds is 12. The van der Waals surface area contributed by atoms with E-state index in [4.69, 9.17) is 18.9 Å². The van der Waals surface area contributed by atoms with Crippen molar-refractivity contribution in [3.05, 3.63) is 78.2 Å². The van der Waals surface area contributed by atoms with Crippen LogP contribution >= 0.6 is 11.3 Å². The number of carboxylic acids is 2. The van der Waals surface area contributed by atoms with Gasteiger partial charge in [0.2, 0.25) is 11.5 Å². The molecule has 232 valence electrons. The minimum Gasteiger partial charge on any atom is -0.491 e. The van der Waals surface area contributed by atoms with E-state index < -0.39 is 11.9 Å². The number of ether oxygens (including phenoxy) is 2. The number of carboxylic acid groups (broad SMARTS) is 2. The van der Waals surface area contributed by atoms with Crippen LogP contribution in [0, 0.1) is 0 Å². The average Bonchev–Trinajstić information content (AvgIpc) is 3.75. The zero-order valence-electron chi connectivity index (χ0n) is 24.8. The SMILES string of the molecule is CCCOc1ccc(OCCC)c2oc(-c3ccc(-c4ccnc(-c5cc(C(=O)O)cc(-c6nccc(C(=O)O)n6)n5)c4)s3)nc12. The van der Waals surface area contributed by atoms with E-state index in [1.807, 2.05) is 44.2 Å². The van der Waals surface area contributed by atoms with E-state index in [0.29, 0.717) is 47.4 Å². The largest absolute Gasteiger partial charge is 0.491 e. The zero-order valence-corrected chi connectivity index (χ0v) is 25.6. The molecule has 6 aromatic rings. The van der Waals surface area contributed by atoms with Crippen molar-refractivity contribution in [1.82, 2.24) is 24.9 Å². The van der Waals surface area contributed by atoms with E-state index in [9.17, 15) is 19.8 Å². The molecule has 0 saturated heterocycles. The number of benzene rings is 1. The van der Waals surface area contributed by atoms with Crippen molar-refractivity contribution in [2.75, 3.05) is 13.2 Å². The topological polar surface area (TPSA) is 171 Å². The highest BCUT2D eigenvalue weighted by atomic mass is 32.1. The highest BCUT2D eigenvalue weighted by Crippen LogP contribution is 2.40. The first-order valence-electron chi connectivity index (χ1n) is 14.4. The van der Waals surface area contributed by atoms with Crippen LogP contribution in [0.25, 0.3) is 55.2 Å². The molecule has 46 heavy (non-hydrogen) atoms. The number of pyridine rings is 2.